The van der Waals surface area contributed by atoms with E-state index in [1.807, 2.05) is 0 Å². The number of nitrogens with zero attached hydrogens (tertiary/aromatic N) is 1. The Balaban J connectivity index is 3.05. The average Bonchev–Trinajstić information content (AvgIpc) is 2.72. The molecular formula is C9H7NO7. The molecule has 17 heavy (non-hydrogen) atoms. The van der Waals surface area contributed by atoms with Gasteiger partial charge >= 0.3 is 17.6 Å². The molecule has 0 atom stereocenters. The second-order valence-corrected chi connectivity index (χ2v) is 2.79. The quantitative estimate of drug-likeness (QED) is 0.357. The minimum absolute atomic E-state index is 0.125. The normalized spacial score (nSPS) is 11.0. The summed E-state index contributed by atoms with van der Waals surface area (Å²) in [6.45, 7) is 0. The van der Waals surface area contributed by atoms with Gasteiger partial charge in [0.2, 0.25) is 5.76 Å². The van der Waals surface area contributed by atoms with Gasteiger partial charge in [0.15, 0.2) is 0 Å². The van der Waals surface area contributed by atoms with Crippen LogP contribution >= 0.6 is 0 Å². The first-order valence-corrected chi connectivity index (χ1v) is 4.23. The van der Waals surface area contributed by atoms with Crippen LogP contribution in [0.1, 0.15) is 16.3 Å². The Bertz CT molecular complexity index is 483. The van der Waals surface area contributed by atoms with E-state index in [-0.39, 0.29) is 11.5 Å². The van der Waals surface area contributed by atoms with Gasteiger partial charge in [-0.2, -0.15) is 0 Å². The van der Waals surface area contributed by atoms with Crippen molar-refractivity contribution in [2.45, 2.75) is 0 Å². The molecule has 1 aromatic rings. The van der Waals surface area contributed by atoms with Crippen LogP contribution in [0.5, 0.6) is 0 Å². The van der Waals surface area contributed by atoms with E-state index < -0.39 is 22.6 Å². The standard InChI is InChI=1S/C9H7NO7/c1-16-9(13)7-3-2-5(17-7)4-6(8(11)12)10(14)15/h2-4H,1H3,(H,11,12)/b6-4-. The third-order valence-electron chi connectivity index (χ3n) is 1.71. The highest BCUT2D eigenvalue weighted by Crippen LogP contribution is 2.13. The highest BCUT2D eigenvalue weighted by atomic mass is 16.6. The number of carbonyl (C=O) groups excluding carboxylic acids is 1. The number of carboxylic acid groups (broad SMARTS) is 1. The van der Waals surface area contributed by atoms with Crippen molar-refractivity contribution < 1.29 is 28.8 Å². The fourth-order valence-corrected chi connectivity index (χ4v) is 0.968. The van der Waals surface area contributed by atoms with Gasteiger partial charge in [-0.15, -0.1) is 0 Å². The number of ether oxygens (including phenoxy) is 1. The molecule has 1 rings (SSSR count). The predicted octanol–water partition coefficient (Wildman–Crippen LogP) is 0.768. The Morgan fingerprint density at radius 3 is 2.65 bits per heavy atom. The molecule has 0 spiro atoms. The topological polar surface area (TPSA) is 120 Å². The Morgan fingerprint density at radius 1 is 1.53 bits per heavy atom. The lowest BCUT2D eigenvalue weighted by molar-refractivity contribution is -0.419. The molecule has 0 amide bonds. The summed E-state index contributed by atoms with van der Waals surface area (Å²) < 4.78 is 9.19. The molecule has 0 bridgehead atoms. The van der Waals surface area contributed by atoms with Crippen molar-refractivity contribution in [1.82, 2.24) is 0 Å². The van der Waals surface area contributed by atoms with Crippen LogP contribution in [-0.4, -0.2) is 29.1 Å². The summed E-state index contributed by atoms with van der Waals surface area (Å²) in [7, 11) is 1.14. The van der Waals surface area contributed by atoms with Crippen LogP contribution in [0.15, 0.2) is 22.2 Å². The smallest absolute Gasteiger partial charge is 0.407 e. The van der Waals surface area contributed by atoms with Gasteiger partial charge in [0.25, 0.3) is 0 Å². The van der Waals surface area contributed by atoms with Gasteiger partial charge in [-0.1, -0.05) is 0 Å². The SMILES string of the molecule is COC(=O)c1ccc(/C=C(/C(=O)O)[N+](=O)[O-])o1. The number of furan rings is 1. The molecule has 0 aliphatic heterocycles. The molecule has 1 N–H and O–H groups in total. The minimum Gasteiger partial charge on any atom is -0.473 e. The van der Waals surface area contributed by atoms with E-state index in [4.69, 9.17) is 9.52 Å². The third-order valence-corrected chi connectivity index (χ3v) is 1.71. The van der Waals surface area contributed by atoms with Crippen molar-refractivity contribution in [3.8, 4) is 0 Å². The average molecular weight is 241 g/mol. The van der Waals surface area contributed by atoms with Crippen LogP contribution in [-0.2, 0) is 9.53 Å². The van der Waals surface area contributed by atoms with Gasteiger partial charge in [-0.3, -0.25) is 10.1 Å². The summed E-state index contributed by atoms with van der Waals surface area (Å²) in [5.74, 6) is -2.76. The molecule has 8 heteroatoms. The van der Waals surface area contributed by atoms with Crippen LogP contribution < -0.4 is 0 Å². The number of hydrogen-bond acceptors (Lipinski definition) is 6. The lowest BCUT2D eigenvalue weighted by atomic mass is 10.3. The fourth-order valence-electron chi connectivity index (χ4n) is 0.968. The van der Waals surface area contributed by atoms with E-state index in [1.165, 1.54) is 12.1 Å². The number of nitro groups is 1. The number of aliphatic carboxylic acids is 1. The van der Waals surface area contributed by atoms with Gasteiger partial charge in [-0.25, -0.2) is 9.59 Å². The van der Waals surface area contributed by atoms with E-state index >= 15 is 0 Å². The Kier molecular flexibility index (Phi) is 3.60. The maximum atomic E-state index is 11.0. The van der Waals surface area contributed by atoms with Crippen LogP contribution in [0.3, 0.4) is 0 Å². The summed E-state index contributed by atoms with van der Waals surface area (Å²) in [4.78, 5) is 30.8. The lowest BCUT2D eigenvalue weighted by Crippen LogP contribution is -2.09. The van der Waals surface area contributed by atoms with Crippen LogP contribution in [0, 0.1) is 10.1 Å². The zero-order valence-electron chi connectivity index (χ0n) is 8.58. The molecule has 0 radical (unpaired) electrons. The van der Waals surface area contributed by atoms with Gasteiger partial charge in [0.1, 0.15) is 5.76 Å². The van der Waals surface area contributed by atoms with Gasteiger partial charge in [0, 0.05) is 0 Å². The first-order chi connectivity index (χ1) is 7.95. The summed E-state index contributed by atoms with van der Waals surface area (Å²) in [5.41, 5.74) is -1.06. The van der Waals surface area contributed by atoms with E-state index in [0.29, 0.717) is 6.08 Å². The second kappa shape index (κ2) is 4.92. The van der Waals surface area contributed by atoms with Crippen molar-refractivity contribution in [2.24, 2.45) is 0 Å². The van der Waals surface area contributed by atoms with E-state index in [0.717, 1.165) is 7.11 Å². The molecule has 0 unspecified atom stereocenters. The maximum Gasteiger partial charge on any atom is 0.407 e. The van der Waals surface area contributed by atoms with Crippen molar-refractivity contribution in [2.75, 3.05) is 7.11 Å². The van der Waals surface area contributed by atoms with E-state index in [2.05, 4.69) is 4.74 Å². The van der Waals surface area contributed by atoms with Gasteiger partial charge in [0.05, 0.1) is 18.1 Å². The van der Waals surface area contributed by atoms with Crippen LogP contribution in [0.2, 0.25) is 0 Å². The van der Waals surface area contributed by atoms with Crippen molar-refractivity contribution >= 4 is 18.0 Å². The molecule has 8 nitrogen and oxygen atoms in total. The molecule has 1 heterocycles. The number of carboxylic acids is 1. The number of methoxy groups -OCH3 is 1. The molecule has 0 aliphatic carbocycles. The minimum atomic E-state index is -1.70. The fraction of sp³-hybridized carbons (Fsp3) is 0.111. The summed E-state index contributed by atoms with van der Waals surface area (Å²) >= 11 is 0. The van der Waals surface area contributed by atoms with Crippen LogP contribution in [0.4, 0.5) is 0 Å². The largest absolute Gasteiger partial charge is 0.473 e. The zero-order valence-corrected chi connectivity index (χ0v) is 8.58. The molecule has 0 aliphatic rings. The van der Waals surface area contributed by atoms with Crippen molar-refractivity contribution in [1.29, 1.82) is 0 Å². The number of hydrogen-bond donors (Lipinski definition) is 1. The number of carbonyl (C=O) groups is 2. The lowest BCUT2D eigenvalue weighted by Gasteiger charge is -1.92. The molecule has 1 aromatic heterocycles. The molecule has 0 fully saturated rings. The first-order valence-electron chi connectivity index (χ1n) is 4.23. The van der Waals surface area contributed by atoms with Crippen molar-refractivity contribution in [3.05, 3.63) is 39.5 Å². The Labute approximate surface area is 94.2 Å². The molecule has 0 saturated carbocycles. The molecule has 0 aromatic carbocycles. The molecular weight excluding hydrogens is 234 g/mol. The number of rotatable bonds is 4. The monoisotopic (exact) mass is 241 g/mol. The number of esters is 1. The Morgan fingerprint density at radius 2 is 2.18 bits per heavy atom. The highest BCUT2D eigenvalue weighted by molar-refractivity contribution is 5.89. The van der Waals surface area contributed by atoms with E-state index in [1.54, 1.807) is 0 Å². The predicted molar refractivity (Wildman–Crippen MR) is 52.7 cm³/mol. The highest BCUT2D eigenvalue weighted by Gasteiger charge is 2.22. The molecule has 90 valence electrons. The van der Waals surface area contributed by atoms with Crippen molar-refractivity contribution in [3.63, 3.8) is 0 Å². The molecule has 0 saturated heterocycles. The van der Waals surface area contributed by atoms with E-state index in [9.17, 15) is 19.7 Å². The second-order valence-electron chi connectivity index (χ2n) is 2.79. The summed E-state index contributed by atoms with van der Waals surface area (Å²) in [6.07, 6.45) is 0.703. The first kappa shape index (κ1) is 12.4. The van der Waals surface area contributed by atoms with Crippen LogP contribution in [0.25, 0.3) is 6.08 Å². The Hall–Kier alpha value is -2.64. The van der Waals surface area contributed by atoms with Gasteiger partial charge in [-0.05, 0) is 12.1 Å². The maximum absolute atomic E-state index is 11.0. The summed E-state index contributed by atoms with van der Waals surface area (Å²) in [5, 5.41) is 18.9. The zero-order chi connectivity index (χ0) is 13.0. The van der Waals surface area contributed by atoms with Gasteiger partial charge < -0.3 is 14.3 Å². The summed E-state index contributed by atoms with van der Waals surface area (Å²) in [6, 6.07) is 2.44. The third kappa shape index (κ3) is 2.91.